The number of ether oxygens (including phenoxy) is 12. The van der Waals surface area contributed by atoms with Crippen molar-refractivity contribution in [1.29, 1.82) is 0 Å². The predicted octanol–water partition coefficient (Wildman–Crippen LogP) is 16.7. The van der Waals surface area contributed by atoms with Crippen molar-refractivity contribution in [2.24, 2.45) is 11.8 Å². The summed E-state index contributed by atoms with van der Waals surface area (Å²) in [6.07, 6.45) is 14.3. The number of benzene rings is 8. The van der Waals surface area contributed by atoms with Crippen molar-refractivity contribution in [2.45, 2.75) is 135 Å². The molecule has 2 aliphatic carbocycles. The highest BCUT2D eigenvalue weighted by Gasteiger charge is 2.32. The van der Waals surface area contributed by atoms with E-state index in [1.807, 2.05) is 19.1 Å². The molecule has 109 heavy (non-hydrogen) atoms. The van der Waals surface area contributed by atoms with Gasteiger partial charge in [-0.3, -0.25) is 14.4 Å². The normalized spacial score (nSPS) is 15.5. The highest BCUT2D eigenvalue weighted by atomic mass is 16.6. The minimum absolute atomic E-state index is 0.0796. The maximum absolute atomic E-state index is 13.9. The summed E-state index contributed by atoms with van der Waals surface area (Å²) in [5, 5.41) is 2.68. The Balaban J connectivity index is 0.674. The molecule has 1 heterocycles. The van der Waals surface area contributed by atoms with Crippen molar-refractivity contribution in [2.75, 3.05) is 52.9 Å². The molecule has 2 aliphatic rings. The first-order valence-corrected chi connectivity index (χ1v) is 37.5. The average Bonchev–Trinajstić information content (AvgIpc) is 0.730. The molecule has 0 aliphatic heterocycles. The van der Waals surface area contributed by atoms with Crippen LogP contribution < -0.4 is 33.2 Å². The van der Waals surface area contributed by atoms with Gasteiger partial charge in [0.2, 0.25) is 0 Å². The number of aromatic nitrogens is 2. The number of ketones is 1. The van der Waals surface area contributed by atoms with Gasteiger partial charge in [-0.2, -0.15) is 0 Å². The number of unbranched alkanes of at least 4 members (excludes halogenated alkanes) is 7. The summed E-state index contributed by atoms with van der Waals surface area (Å²) < 4.78 is 68.9. The molecule has 0 unspecified atom stereocenters. The summed E-state index contributed by atoms with van der Waals surface area (Å²) in [6, 6.07) is 41.7. The fourth-order valence-corrected chi connectivity index (χ4v) is 13.0. The van der Waals surface area contributed by atoms with E-state index in [1.165, 1.54) is 54.6 Å². The fraction of sp³-hybridized carbons (Fsp3) is 0.356. The fourth-order valence-electron chi connectivity index (χ4n) is 13.0. The molecule has 0 spiro atoms. The van der Waals surface area contributed by atoms with Gasteiger partial charge in [0.1, 0.15) is 59.1 Å². The van der Waals surface area contributed by atoms with Crippen LogP contribution in [0.15, 0.2) is 177 Å². The Morgan fingerprint density at radius 2 is 0.771 bits per heavy atom. The van der Waals surface area contributed by atoms with Crippen molar-refractivity contribution in [3.8, 4) is 40.2 Å². The van der Waals surface area contributed by atoms with Gasteiger partial charge in [0.25, 0.3) is 0 Å². The first-order chi connectivity index (χ1) is 53.2. The van der Waals surface area contributed by atoms with Crippen LogP contribution in [-0.4, -0.2) is 123 Å². The zero-order chi connectivity index (χ0) is 76.3. The van der Waals surface area contributed by atoms with Crippen LogP contribution in [0, 0.1) is 11.8 Å². The molecule has 0 radical (unpaired) electrons. The summed E-state index contributed by atoms with van der Waals surface area (Å²) >= 11 is 0. The molecule has 22 nitrogen and oxygen atoms in total. The monoisotopic (exact) mass is 1480 g/mol. The minimum atomic E-state index is -0.682. The highest BCUT2D eigenvalue weighted by Crippen LogP contribution is 2.39. The topological polar surface area (TPSA) is 273 Å². The Kier molecular flexibility index (Phi) is 28.9. The quantitative estimate of drug-likeness (QED) is 0.00658. The lowest BCUT2D eigenvalue weighted by Gasteiger charge is -2.27. The minimum Gasteiger partial charge on any atom is -0.494 e. The van der Waals surface area contributed by atoms with Gasteiger partial charge in [-0.05, 0) is 259 Å². The Morgan fingerprint density at radius 3 is 1.25 bits per heavy atom. The summed E-state index contributed by atoms with van der Waals surface area (Å²) in [7, 11) is 0. The number of rotatable bonds is 39. The van der Waals surface area contributed by atoms with Gasteiger partial charge in [-0.1, -0.05) is 32.4 Å². The SMILES string of the molecule is C=CC(=O)CCCCCCCOc1ccc(OC(=O)C2CCC(OC(=O)c3ccc(C(=O)Oc4ccc5c6ccc(OC(=O)c7ccc(C(=O)OC8CCC(C(=O)Oc9ccc(OCCCCCCOC(=O)C=C)cc9)CC8)cc7)cc6c6nc7cc(OCCOCCOCC)ccc7nc6c5c4)cc3)CC2)cc1. The van der Waals surface area contributed by atoms with E-state index in [1.54, 1.807) is 91.0 Å². The number of carbonyl (C=O) groups is 8. The van der Waals surface area contributed by atoms with Gasteiger partial charge in [-0.15, -0.1) is 0 Å². The summed E-state index contributed by atoms with van der Waals surface area (Å²) in [5.74, 6) is -1.10. The van der Waals surface area contributed by atoms with E-state index in [0.29, 0.717) is 166 Å². The molecule has 2 fully saturated rings. The standard InChI is InChI=1S/C87H90N2O20/c1-4-63(90)16-12-8-7-9-13-47-100-64-33-37-68(38-34-64)106-84(94)61-25-29-66(30-26-61)104-82(92)57-17-21-59(22-18-57)86(96)108-71-41-44-73-74-45-42-72(55-76(74)81-80(75(73)54-71)88-77-46-43-70(56-78(77)89-81)102-53-52-99-51-50-98-6-3)109-87(97)60-23-19-58(20-24-60)83(93)105-67-31-27-62(28-32-67)85(95)107-69-39-35-65(36-40-69)101-48-14-10-11-15-49-103-79(91)5-2/h4-5,17-24,33-46,54-56,61-62,66-67H,1-2,6-16,25-32,47-53H2,3H3. The number of allylic oxidation sites excluding steroid dienone is 1. The second kappa shape index (κ2) is 40.0. The first-order valence-electron chi connectivity index (χ1n) is 37.5. The van der Waals surface area contributed by atoms with E-state index in [9.17, 15) is 38.4 Å². The average molecular weight is 1480 g/mol. The van der Waals surface area contributed by atoms with E-state index in [4.69, 9.17) is 66.8 Å². The third-order valence-corrected chi connectivity index (χ3v) is 19.1. The van der Waals surface area contributed by atoms with E-state index in [0.717, 1.165) is 74.6 Å². The van der Waals surface area contributed by atoms with Gasteiger partial charge in [-0.25, -0.2) is 33.9 Å². The van der Waals surface area contributed by atoms with Crippen molar-refractivity contribution < 1.29 is 95.2 Å². The van der Waals surface area contributed by atoms with E-state index >= 15 is 0 Å². The van der Waals surface area contributed by atoms with Crippen LogP contribution in [0.25, 0.3) is 43.6 Å². The molecule has 0 bridgehead atoms. The Bertz CT molecular complexity index is 4660. The lowest BCUT2D eigenvalue weighted by molar-refractivity contribution is -0.141. The van der Waals surface area contributed by atoms with E-state index < -0.39 is 42.1 Å². The highest BCUT2D eigenvalue weighted by molar-refractivity contribution is 6.24. The van der Waals surface area contributed by atoms with Crippen LogP contribution in [0.4, 0.5) is 0 Å². The van der Waals surface area contributed by atoms with Gasteiger partial charge in [0, 0.05) is 35.9 Å². The molecule has 568 valence electrons. The summed E-state index contributed by atoms with van der Waals surface area (Å²) in [4.78, 5) is 114. The van der Waals surface area contributed by atoms with Crippen molar-refractivity contribution in [3.63, 3.8) is 0 Å². The lowest BCUT2D eigenvalue weighted by atomic mass is 9.87. The first kappa shape index (κ1) is 78.7. The van der Waals surface area contributed by atoms with Crippen LogP contribution in [0.2, 0.25) is 0 Å². The van der Waals surface area contributed by atoms with Crippen molar-refractivity contribution in [1.82, 2.24) is 9.97 Å². The number of fused-ring (bicyclic) bond motifs is 7. The number of hydrogen-bond donors (Lipinski definition) is 0. The molecule has 0 saturated heterocycles. The second-order valence-electron chi connectivity index (χ2n) is 26.8. The molecule has 0 amide bonds. The predicted molar refractivity (Wildman–Crippen MR) is 408 cm³/mol. The van der Waals surface area contributed by atoms with E-state index in [-0.39, 0.29) is 69.9 Å². The molecule has 0 atom stereocenters. The Hall–Kier alpha value is -11.4. The molecule has 2 saturated carbocycles. The van der Waals surface area contributed by atoms with Crippen LogP contribution in [0.3, 0.4) is 0 Å². The third kappa shape index (κ3) is 22.8. The van der Waals surface area contributed by atoms with Crippen LogP contribution in [0.1, 0.15) is 164 Å². The third-order valence-electron chi connectivity index (χ3n) is 19.1. The number of esters is 7. The number of hydrogen-bond acceptors (Lipinski definition) is 22. The second-order valence-corrected chi connectivity index (χ2v) is 26.8. The summed E-state index contributed by atoms with van der Waals surface area (Å²) in [6.45, 7) is 12.4. The van der Waals surface area contributed by atoms with Gasteiger partial charge in [0.05, 0.1) is 95.8 Å². The summed E-state index contributed by atoms with van der Waals surface area (Å²) in [5.41, 5.74) is 2.83. The molecule has 8 aromatic carbocycles. The maximum Gasteiger partial charge on any atom is 0.343 e. The lowest BCUT2D eigenvalue weighted by Crippen LogP contribution is -2.30. The molecule has 0 N–H and O–H groups in total. The molecule has 22 heteroatoms. The zero-order valence-corrected chi connectivity index (χ0v) is 61.3. The van der Waals surface area contributed by atoms with Gasteiger partial charge < -0.3 is 56.8 Å². The molecular formula is C87H90N2O20. The number of nitrogens with zero attached hydrogens (tertiary/aromatic N) is 2. The molecule has 1 aromatic heterocycles. The van der Waals surface area contributed by atoms with Crippen LogP contribution in [0.5, 0.6) is 40.2 Å². The van der Waals surface area contributed by atoms with Gasteiger partial charge in [0.15, 0.2) is 5.78 Å². The smallest absolute Gasteiger partial charge is 0.343 e. The molecular weight excluding hydrogens is 1390 g/mol. The Morgan fingerprint density at radius 1 is 0.367 bits per heavy atom. The van der Waals surface area contributed by atoms with Crippen molar-refractivity contribution in [3.05, 3.63) is 199 Å². The molecule has 11 rings (SSSR count). The number of carbonyl (C=O) groups excluding carboxylic acids is 8. The van der Waals surface area contributed by atoms with Crippen LogP contribution in [-0.2, 0) is 42.9 Å². The molecule has 9 aromatic rings. The largest absolute Gasteiger partial charge is 0.494 e. The van der Waals surface area contributed by atoms with Crippen molar-refractivity contribution >= 4 is 91.2 Å². The maximum atomic E-state index is 13.9. The van der Waals surface area contributed by atoms with E-state index in [2.05, 4.69) is 13.2 Å². The zero-order valence-electron chi connectivity index (χ0n) is 61.3. The van der Waals surface area contributed by atoms with Gasteiger partial charge >= 0.3 is 41.8 Å². The Labute approximate surface area is 632 Å². The van der Waals surface area contributed by atoms with Crippen LogP contribution >= 0.6 is 0 Å².